The molecule has 0 spiro atoms. The summed E-state index contributed by atoms with van der Waals surface area (Å²) >= 11 is 1.49. The number of hydrogen-bond acceptors (Lipinski definition) is 4. The molecule has 0 radical (unpaired) electrons. The first-order valence-electron chi connectivity index (χ1n) is 8.04. The van der Waals surface area contributed by atoms with Gasteiger partial charge < -0.3 is 10.1 Å². The first-order valence-corrected chi connectivity index (χ1v) is 9.19. The van der Waals surface area contributed by atoms with Gasteiger partial charge in [0, 0.05) is 22.6 Å². The summed E-state index contributed by atoms with van der Waals surface area (Å²) in [5.74, 6) is 1.64. The highest BCUT2D eigenvalue weighted by Gasteiger charge is 2.10. The molecule has 0 saturated carbocycles. The molecule has 2 aromatic carbocycles. The molecular weight excluding hydrogens is 334 g/mol. The van der Waals surface area contributed by atoms with Crippen molar-refractivity contribution < 1.29 is 14.3 Å². The highest BCUT2D eigenvalue weighted by atomic mass is 32.2. The number of carbonyl (C=O) groups is 2. The molecule has 1 amide bonds. The Kier molecular flexibility index (Phi) is 6.65. The van der Waals surface area contributed by atoms with Crippen molar-refractivity contribution in [2.45, 2.75) is 26.5 Å². The van der Waals surface area contributed by atoms with E-state index in [0.29, 0.717) is 17.1 Å². The summed E-state index contributed by atoms with van der Waals surface area (Å²) in [6.07, 6.45) is 0. The molecule has 2 aromatic rings. The minimum Gasteiger partial charge on any atom is -0.496 e. The van der Waals surface area contributed by atoms with Gasteiger partial charge in [0.05, 0.1) is 12.9 Å². The molecule has 0 heterocycles. The number of thioether (sulfide) groups is 1. The second kappa shape index (κ2) is 8.72. The van der Waals surface area contributed by atoms with E-state index in [0.717, 1.165) is 28.1 Å². The predicted octanol–water partition coefficient (Wildman–Crippen LogP) is 4.39. The lowest BCUT2D eigenvalue weighted by molar-refractivity contribution is -0.113. The first kappa shape index (κ1) is 19.1. The van der Waals surface area contributed by atoms with Crippen LogP contribution < -0.4 is 10.1 Å². The molecule has 5 heteroatoms. The van der Waals surface area contributed by atoms with Gasteiger partial charge in [0.1, 0.15) is 5.75 Å². The van der Waals surface area contributed by atoms with E-state index in [1.54, 1.807) is 19.2 Å². The molecule has 0 aliphatic carbocycles. The molecule has 132 valence electrons. The molecule has 2 rings (SSSR count). The number of ketones is 1. The summed E-state index contributed by atoms with van der Waals surface area (Å²) in [7, 11) is 1.60. The fraction of sp³-hybridized carbons (Fsp3) is 0.300. The van der Waals surface area contributed by atoms with Gasteiger partial charge in [-0.05, 0) is 56.2 Å². The van der Waals surface area contributed by atoms with Crippen molar-refractivity contribution >= 4 is 29.1 Å². The minimum absolute atomic E-state index is 0.0153. The topological polar surface area (TPSA) is 55.4 Å². The van der Waals surface area contributed by atoms with Crippen molar-refractivity contribution in [3.05, 3.63) is 58.7 Å². The number of carbonyl (C=O) groups excluding carboxylic acids is 2. The van der Waals surface area contributed by atoms with Crippen LogP contribution in [0.15, 0.2) is 36.4 Å². The number of nitrogens with one attached hydrogen (secondary N) is 1. The summed E-state index contributed by atoms with van der Waals surface area (Å²) in [5.41, 5.74) is 4.64. The van der Waals surface area contributed by atoms with Gasteiger partial charge in [-0.25, -0.2) is 0 Å². The van der Waals surface area contributed by atoms with E-state index in [1.807, 2.05) is 38.1 Å². The third kappa shape index (κ3) is 5.10. The number of hydrogen-bond donors (Lipinski definition) is 1. The smallest absolute Gasteiger partial charge is 0.234 e. The number of benzene rings is 2. The van der Waals surface area contributed by atoms with Gasteiger partial charge in [-0.15, -0.1) is 11.8 Å². The van der Waals surface area contributed by atoms with Crippen LogP contribution in [0.5, 0.6) is 5.75 Å². The Bertz CT molecular complexity index is 787. The standard InChI is InChI=1S/C20H23NO3S/c1-13-6-5-7-18(14(13)2)21-20(23)12-25-11-17-10-16(15(3)22)8-9-19(17)24-4/h5-10H,11-12H2,1-4H3,(H,21,23). The quantitative estimate of drug-likeness (QED) is 0.747. The van der Waals surface area contributed by atoms with Crippen LogP contribution in [0.4, 0.5) is 5.69 Å². The predicted molar refractivity (Wildman–Crippen MR) is 104 cm³/mol. The van der Waals surface area contributed by atoms with Crippen LogP contribution in [-0.2, 0) is 10.5 Å². The summed E-state index contributed by atoms with van der Waals surface area (Å²) in [6, 6.07) is 11.2. The van der Waals surface area contributed by atoms with E-state index in [-0.39, 0.29) is 11.7 Å². The minimum atomic E-state index is -0.0413. The number of rotatable bonds is 7. The van der Waals surface area contributed by atoms with Crippen molar-refractivity contribution in [3.8, 4) is 5.75 Å². The molecule has 4 nitrogen and oxygen atoms in total. The number of methoxy groups -OCH3 is 1. The lowest BCUT2D eigenvalue weighted by Gasteiger charge is -2.11. The monoisotopic (exact) mass is 357 g/mol. The maximum atomic E-state index is 12.2. The second-order valence-corrected chi connectivity index (χ2v) is 6.86. The maximum Gasteiger partial charge on any atom is 0.234 e. The van der Waals surface area contributed by atoms with E-state index in [9.17, 15) is 9.59 Å². The largest absolute Gasteiger partial charge is 0.496 e. The van der Waals surface area contributed by atoms with Crippen LogP contribution in [0.25, 0.3) is 0 Å². The van der Waals surface area contributed by atoms with E-state index in [2.05, 4.69) is 5.32 Å². The molecule has 1 N–H and O–H groups in total. The Hall–Kier alpha value is -2.27. The molecule has 0 saturated heterocycles. The summed E-state index contributed by atoms with van der Waals surface area (Å²) < 4.78 is 5.34. The normalized spacial score (nSPS) is 10.4. The van der Waals surface area contributed by atoms with Crippen molar-refractivity contribution in [1.82, 2.24) is 0 Å². The number of ether oxygens (including phenoxy) is 1. The highest BCUT2D eigenvalue weighted by molar-refractivity contribution is 7.99. The van der Waals surface area contributed by atoms with Crippen molar-refractivity contribution in [2.75, 3.05) is 18.2 Å². The van der Waals surface area contributed by atoms with Crippen LogP contribution in [0.3, 0.4) is 0 Å². The zero-order valence-electron chi connectivity index (χ0n) is 15.0. The third-order valence-corrected chi connectivity index (χ3v) is 5.04. The third-order valence-electron chi connectivity index (χ3n) is 4.06. The zero-order chi connectivity index (χ0) is 18.4. The average Bonchev–Trinajstić information content (AvgIpc) is 2.58. The number of aryl methyl sites for hydroxylation is 1. The maximum absolute atomic E-state index is 12.2. The van der Waals surface area contributed by atoms with Gasteiger partial charge in [0.25, 0.3) is 0 Å². The Balaban J connectivity index is 1.96. The fourth-order valence-corrected chi connectivity index (χ4v) is 3.24. The van der Waals surface area contributed by atoms with Gasteiger partial charge in [0.2, 0.25) is 5.91 Å². The Morgan fingerprint density at radius 2 is 1.92 bits per heavy atom. The van der Waals surface area contributed by atoms with Crippen LogP contribution in [0.1, 0.15) is 34.0 Å². The molecule has 0 aromatic heterocycles. The summed E-state index contributed by atoms with van der Waals surface area (Å²) in [4.78, 5) is 23.7. The average molecular weight is 357 g/mol. The first-order chi connectivity index (χ1) is 11.9. The molecule has 0 aliphatic heterocycles. The van der Waals surface area contributed by atoms with Gasteiger partial charge in [-0.3, -0.25) is 9.59 Å². The van der Waals surface area contributed by atoms with Gasteiger partial charge in [0.15, 0.2) is 5.78 Å². The van der Waals surface area contributed by atoms with E-state index < -0.39 is 0 Å². The Morgan fingerprint density at radius 1 is 1.16 bits per heavy atom. The second-order valence-electron chi connectivity index (χ2n) is 5.87. The van der Waals surface area contributed by atoms with E-state index in [4.69, 9.17) is 4.74 Å². The van der Waals surface area contributed by atoms with Gasteiger partial charge >= 0.3 is 0 Å². The van der Waals surface area contributed by atoms with Crippen LogP contribution in [0.2, 0.25) is 0 Å². The summed E-state index contributed by atoms with van der Waals surface area (Å²) in [5, 5.41) is 2.95. The number of Topliss-reactive ketones (excluding diaryl/α,β-unsaturated/α-hetero) is 1. The van der Waals surface area contributed by atoms with E-state index in [1.165, 1.54) is 18.7 Å². The molecule has 25 heavy (non-hydrogen) atoms. The van der Waals surface area contributed by atoms with E-state index >= 15 is 0 Å². The molecule has 0 aliphatic rings. The molecular formula is C20H23NO3S. The molecule has 0 atom stereocenters. The van der Waals surface area contributed by atoms with Crippen molar-refractivity contribution in [3.63, 3.8) is 0 Å². The van der Waals surface area contributed by atoms with Gasteiger partial charge in [-0.1, -0.05) is 12.1 Å². The van der Waals surface area contributed by atoms with Crippen LogP contribution >= 0.6 is 11.8 Å². The van der Waals surface area contributed by atoms with Crippen molar-refractivity contribution in [1.29, 1.82) is 0 Å². The van der Waals surface area contributed by atoms with Crippen LogP contribution in [0, 0.1) is 13.8 Å². The fourth-order valence-electron chi connectivity index (χ4n) is 2.44. The Morgan fingerprint density at radius 3 is 2.60 bits per heavy atom. The van der Waals surface area contributed by atoms with Gasteiger partial charge in [-0.2, -0.15) is 0 Å². The molecule has 0 unspecified atom stereocenters. The Labute approximate surface area is 153 Å². The van der Waals surface area contributed by atoms with Crippen LogP contribution in [-0.4, -0.2) is 24.6 Å². The lowest BCUT2D eigenvalue weighted by Crippen LogP contribution is -2.15. The molecule has 0 fully saturated rings. The summed E-state index contributed by atoms with van der Waals surface area (Å²) in [6.45, 7) is 5.56. The number of amides is 1. The van der Waals surface area contributed by atoms with Crippen molar-refractivity contribution in [2.24, 2.45) is 0 Å². The zero-order valence-corrected chi connectivity index (χ0v) is 15.8. The number of anilines is 1. The lowest BCUT2D eigenvalue weighted by atomic mass is 10.1. The molecule has 0 bridgehead atoms. The SMILES string of the molecule is COc1ccc(C(C)=O)cc1CSCC(=O)Nc1cccc(C)c1C. The highest BCUT2D eigenvalue weighted by Crippen LogP contribution is 2.25.